The Hall–Kier alpha value is -1.88. The molecule has 24 heavy (non-hydrogen) atoms. The van der Waals surface area contributed by atoms with Crippen molar-refractivity contribution in [1.82, 2.24) is 9.80 Å². The van der Waals surface area contributed by atoms with Crippen LogP contribution in [0.25, 0.3) is 0 Å². The van der Waals surface area contributed by atoms with Crippen LogP contribution in [-0.2, 0) is 19.7 Å². The van der Waals surface area contributed by atoms with E-state index in [1.54, 1.807) is 4.90 Å². The van der Waals surface area contributed by atoms with E-state index in [2.05, 4.69) is 31.2 Å². The van der Waals surface area contributed by atoms with Gasteiger partial charge >= 0.3 is 0 Å². The van der Waals surface area contributed by atoms with E-state index in [-0.39, 0.29) is 29.2 Å². The van der Waals surface area contributed by atoms with Gasteiger partial charge in [0.05, 0.1) is 30.6 Å². The van der Waals surface area contributed by atoms with Crippen LogP contribution in [0.3, 0.4) is 0 Å². The smallest absolute Gasteiger partial charge is 0.233 e. The van der Waals surface area contributed by atoms with Crippen molar-refractivity contribution in [3.63, 3.8) is 0 Å². The normalized spacial score (nSPS) is 28.5. The summed E-state index contributed by atoms with van der Waals surface area (Å²) in [4.78, 5) is 29.5. The van der Waals surface area contributed by atoms with E-state index in [0.29, 0.717) is 26.3 Å². The third kappa shape index (κ3) is 2.42. The Bertz CT molecular complexity index is 666. The molecule has 2 heterocycles. The Morgan fingerprint density at radius 1 is 1.17 bits per heavy atom. The summed E-state index contributed by atoms with van der Waals surface area (Å²) < 4.78 is 5.63. The van der Waals surface area contributed by atoms with Crippen molar-refractivity contribution >= 4 is 11.8 Å². The number of aryl methyl sites for hydroxylation is 1. The van der Waals surface area contributed by atoms with E-state index >= 15 is 0 Å². The molecule has 5 heteroatoms. The quantitative estimate of drug-likeness (QED) is 0.823. The molecule has 0 spiro atoms. The second-order valence-electron chi connectivity index (χ2n) is 7.50. The average molecular weight is 328 g/mol. The van der Waals surface area contributed by atoms with Gasteiger partial charge in [-0.2, -0.15) is 0 Å². The number of amides is 2. The van der Waals surface area contributed by atoms with Gasteiger partial charge in [0.15, 0.2) is 0 Å². The number of rotatable bonds is 2. The van der Waals surface area contributed by atoms with E-state index in [4.69, 9.17) is 4.74 Å². The lowest BCUT2D eigenvalue weighted by Gasteiger charge is -2.32. The van der Waals surface area contributed by atoms with Crippen LogP contribution in [0.15, 0.2) is 24.3 Å². The van der Waals surface area contributed by atoms with Crippen molar-refractivity contribution in [2.75, 3.05) is 33.4 Å². The van der Waals surface area contributed by atoms with E-state index < -0.39 is 0 Å². The first-order valence-electron chi connectivity index (χ1n) is 8.72. The first-order valence-corrected chi connectivity index (χ1v) is 8.72. The van der Waals surface area contributed by atoms with Gasteiger partial charge in [0, 0.05) is 20.1 Å². The van der Waals surface area contributed by atoms with Crippen LogP contribution >= 0.6 is 0 Å². The van der Waals surface area contributed by atoms with Crippen molar-refractivity contribution in [2.24, 2.45) is 5.92 Å². The van der Waals surface area contributed by atoms with Gasteiger partial charge in [0.1, 0.15) is 0 Å². The topological polar surface area (TPSA) is 49.9 Å². The predicted octanol–water partition coefficient (Wildman–Crippen LogP) is 1.34. The molecular formula is C19H24N2O3. The zero-order valence-corrected chi connectivity index (χ0v) is 14.3. The van der Waals surface area contributed by atoms with Crippen molar-refractivity contribution in [3.8, 4) is 0 Å². The third-order valence-corrected chi connectivity index (χ3v) is 5.80. The highest BCUT2D eigenvalue weighted by Gasteiger charge is 2.54. The number of carbonyl (C=O) groups excluding carboxylic acids is 2. The summed E-state index contributed by atoms with van der Waals surface area (Å²) in [5, 5.41) is 0. The van der Waals surface area contributed by atoms with Crippen LogP contribution in [-0.4, -0.2) is 61.0 Å². The highest BCUT2D eigenvalue weighted by Crippen LogP contribution is 2.50. The zero-order chi connectivity index (χ0) is 16.9. The Labute approximate surface area is 142 Å². The summed E-state index contributed by atoms with van der Waals surface area (Å²) in [6.07, 6.45) is 1.81. The van der Waals surface area contributed by atoms with Crippen molar-refractivity contribution < 1.29 is 14.3 Å². The van der Waals surface area contributed by atoms with Crippen molar-refractivity contribution in [2.45, 2.75) is 31.2 Å². The van der Waals surface area contributed by atoms with Gasteiger partial charge < -0.3 is 14.5 Å². The van der Waals surface area contributed by atoms with Gasteiger partial charge in [-0.15, -0.1) is 0 Å². The second kappa shape index (κ2) is 5.59. The molecule has 0 aromatic heterocycles. The van der Waals surface area contributed by atoms with E-state index in [1.165, 1.54) is 5.56 Å². The minimum absolute atomic E-state index is 0.0391. The molecule has 2 bridgehead atoms. The van der Waals surface area contributed by atoms with Crippen LogP contribution in [0.4, 0.5) is 0 Å². The lowest BCUT2D eigenvalue weighted by atomic mass is 9.93. The van der Waals surface area contributed by atoms with E-state index in [9.17, 15) is 9.59 Å². The van der Waals surface area contributed by atoms with E-state index in [0.717, 1.165) is 18.4 Å². The molecule has 2 saturated heterocycles. The molecule has 0 radical (unpaired) electrons. The largest absolute Gasteiger partial charge is 0.378 e. The number of ether oxygens (including phenoxy) is 1. The lowest BCUT2D eigenvalue weighted by molar-refractivity contribution is -0.136. The first-order chi connectivity index (χ1) is 11.5. The Kier molecular flexibility index (Phi) is 3.64. The summed E-state index contributed by atoms with van der Waals surface area (Å²) in [7, 11) is 1.83. The number of carbonyl (C=O) groups is 2. The fraction of sp³-hybridized carbons (Fsp3) is 0.579. The van der Waals surface area contributed by atoms with Gasteiger partial charge in [0.2, 0.25) is 11.8 Å². The fourth-order valence-corrected chi connectivity index (χ4v) is 3.99. The summed E-state index contributed by atoms with van der Waals surface area (Å²) >= 11 is 0. The molecule has 1 aromatic carbocycles. The molecule has 1 aliphatic carbocycles. The molecule has 3 fully saturated rings. The monoisotopic (exact) mass is 328 g/mol. The molecule has 128 valence electrons. The molecule has 3 aliphatic rings. The standard InChI is InChI=1S/C19H24N2O3/c1-13-3-5-15(6-4-13)19(7-8-19)18(23)21-9-14-11-24-12-16(10-21)20(2)17(14)22/h3-6,14,16H,7-12H2,1-2H3/t14-,16+/m1/s1. The maximum Gasteiger partial charge on any atom is 0.233 e. The van der Waals surface area contributed by atoms with E-state index in [1.807, 2.05) is 11.9 Å². The molecule has 2 aliphatic heterocycles. The molecule has 0 unspecified atom stereocenters. The molecule has 1 aromatic rings. The Morgan fingerprint density at radius 3 is 2.54 bits per heavy atom. The maximum atomic E-state index is 13.3. The molecule has 0 N–H and O–H groups in total. The summed E-state index contributed by atoms with van der Waals surface area (Å²) in [6, 6.07) is 8.27. The zero-order valence-electron chi connectivity index (χ0n) is 14.3. The first kappa shape index (κ1) is 15.6. The second-order valence-corrected chi connectivity index (χ2v) is 7.50. The highest BCUT2D eigenvalue weighted by atomic mass is 16.5. The number of fused-ring (bicyclic) bond motifs is 3. The summed E-state index contributed by atoms with van der Waals surface area (Å²) in [6.45, 7) is 4.04. The number of likely N-dealkylation sites (N-methyl/N-ethyl adjacent to an activating group) is 1. The fourth-order valence-electron chi connectivity index (χ4n) is 3.99. The predicted molar refractivity (Wildman–Crippen MR) is 89.5 cm³/mol. The number of hydrogen-bond acceptors (Lipinski definition) is 3. The van der Waals surface area contributed by atoms with Crippen LogP contribution in [0.1, 0.15) is 24.0 Å². The number of nitrogens with zero attached hydrogens (tertiary/aromatic N) is 2. The minimum atomic E-state index is -0.366. The number of benzene rings is 1. The lowest BCUT2D eigenvalue weighted by Crippen LogP contribution is -2.48. The average Bonchev–Trinajstić information content (AvgIpc) is 3.37. The molecule has 1 saturated carbocycles. The van der Waals surface area contributed by atoms with Crippen LogP contribution < -0.4 is 0 Å². The van der Waals surface area contributed by atoms with Crippen LogP contribution in [0.2, 0.25) is 0 Å². The Balaban J connectivity index is 1.60. The third-order valence-electron chi connectivity index (χ3n) is 5.80. The van der Waals surface area contributed by atoms with Gasteiger partial charge in [-0.25, -0.2) is 0 Å². The van der Waals surface area contributed by atoms with Crippen molar-refractivity contribution in [1.29, 1.82) is 0 Å². The molecule has 2 atom stereocenters. The SMILES string of the molecule is Cc1ccc(C2(C(=O)N3C[C@@H]4COC[C@H](C3)N(C)C4=O)CC2)cc1. The van der Waals surface area contributed by atoms with Crippen molar-refractivity contribution in [3.05, 3.63) is 35.4 Å². The maximum absolute atomic E-state index is 13.3. The molecule has 2 amide bonds. The van der Waals surface area contributed by atoms with Gasteiger partial charge in [-0.05, 0) is 25.3 Å². The Morgan fingerprint density at radius 2 is 1.88 bits per heavy atom. The molecule has 4 rings (SSSR count). The summed E-state index contributed by atoms with van der Waals surface area (Å²) in [5.74, 6) is 0.0552. The van der Waals surface area contributed by atoms with Gasteiger partial charge in [-0.1, -0.05) is 29.8 Å². The van der Waals surface area contributed by atoms with Gasteiger partial charge in [-0.3, -0.25) is 9.59 Å². The molecule has 5 nitrogen and oxygen atoms in total. The van der Waals surface area contributed by atoms with Gasteiger partial charge in [0.25, 0.3) is 0 Å². The van der Waals surface area contributed by atoms with Crippen LogP contribution in [0.5, 0.6) is 0 Å². The van der Waals surface area contributed by atoms with Crippen LogP contribution in [0, 0.1) is 12.8 Å². The number of hydrogen-bond donors (Lipinski definition) is 0. The molecular weight excluding hydrogens is 304 g/mol. The highest BCUT2D eigenvalue weighted by molar-refractivity contribution is 5.92. The minimum Gasteiger partial charge on any atom is -0.378 e. The summed E-state index contributed by atoms with van der Waals surface area (Å²) in [5.41, 5.74) is 1.95.